The molecule has 4 unspecified atom stereocenters. The van der Waals surface area contributed by atoms with Gasteiger partial charge < -0.3 is 24.6 Å². The number of aromatic nitrogens is 2. The molecular weight excluding hydrogens is 236 g/mol. The van der Waals surface area contributed by atoms with E-state index in [2.05, 4.69) is 4.52 Å². The van der Waals surface area contributed by atoms with Crippen LogP contribution in [0.2, 0.25) is 0 Å². The first-order chi connectivity index (χ1) is 8.02. The summed E-state index contributed by atoms with van der Waals surface area (Å²) in [6.07, 6.45) is -4.67. The van der Waals surface area contributed by atoms with Gasteiger partial charge in [0, 0.05) is 6.42 Å². The van der Waals surface area contributed by atoms with Gasteiger partial charge in [0.25, 0.3) is 0 Å². The van der Waals surface area contributed by atoms with Crippen molar-refractivity contribution in [1.29, 1.82) is 0 Å². The zero-order valence-corrected chi connectivity index (χ0v) is 8.65. The highest BCUT2D eigenvalue weighted by molar-refractivity contribution is 4.82. The van der Waals surface area contributed by atoms with Gasteiger partial charge in [0.15, 0.2) is 6.23 Å². The van der Waals surface area contributed by atoms with E-state index in [9.17, 15) is 19.8 Å². The van der Waals surface area contributed by atoms with E-state index >= 15 is 0 Å². The third kappa shape index (κ3) is 2.17. The van der Waals surface area contributed by atoms with Gasteiger partial charge in [-0.15, -0.1) is 4.74 Å². The van der Waals surface area contributed by atoms with Gasteiger partial charge in [-0.05, 0) is 0 Å². The SMILES string of the molecule is O=c1[nH]c(=O)n(C2OC(CO)CC(O)C2O)o1. The van der Waals surface area contributed by atoms with Crippen molar-refractivity contribution >= 4 is 0 Å². The Morgan fingerprint density at radius 2 is 2.12 bits per heavy atom. The molecule has 0 saturated carbocycles. The first-order valence-electron chi connectivity index (χ1n) is 4.97. The number of hydrogen-bond donors (Lipinski definition) is 4. The minimum atomic E-state index is -1.42. The topological polar surface area (TPSA) is 138 Å². The number of nitrogens with one attached hydrogen (secondary N) is 1. The minimum absolute atomic E-state index is 0.0254. The van der Waals surface area contributed by atoms with Gasteiger partial charge in [0.05, 0.1) is 18.8 Å². The number of rotatable bonds is 2. The van der Waals surface area contributed by atoms with Crippen LogP contribution in [0, 0.1) is 0 Å². The highest BCUT2D eigenvalue weighted by atomic mass is 16.6. The van der Waals surface area contributed by atoms with Gasteiger partial charge in [-0.2, -0.15) is 0 Å². The molecule has 17 heavy (non-hydrogen) atoms. The van der Waals surface area contributed by atoms with Gasteiger partial charge in [-0.25, -0.2) is 14.6 Å². The Balaban J connectivity index is 2.32. The van der Waals surface area contributed by atoms with Crippen LogP contribution in [0.25, 0.3) is 0 Å². The van der Waals surface area contributed by atoms with Crippen molar-refractivity contribution in [3.05, 3.63) is 21.0 Å². The number of hydrogen-bond acceptors (Lipinski definition) is 7. The molecule has 96 valence electrons. The molecule has 9 nitrogen and oxygen atoms in total. The lowest BCUT2D eigenvalue weighted by molar-refractivity contribution is -0.224. The van der Waals surface area contributed by atoms with Crippen molar-refractivity contribution in [3.8, 4) is 0 Å². The normalized spacial score (nSPS) is 33.8. The summed E-state index contributed by atoms with van der Waals surface area (Å²) in [4.78, 5) is 23.9. The standard InChI is InChI=1S/C8H12N2O7/c11-2-3-1-4(12)5(13)6(16-3)10-7(14)9-8(15)17-10/h3-6,11-13H,1-2H2,(H,9,14,15). The average Bonchev–Trinajstić information content (AvgIpc) is 2.61. The summed E-state index contributed by atoms with van der Waals surface area (Å²) < 4.78 is 10.1. The van der Waals surface area contributed by atoms with Crippen LogP contribution in [-0.2, 0) is 4.74 Å². The van der Waals surface area contributed by atoms with Gasteiger partial charge in [0.2, 0.25) is 0 Å². The van der Waals surface area contributed by atoms with Crippen LogP contribution in [0.4, 0.5) is 0 Å². The van der Waals surface area contributed by atoms with E-state index in [0.29, 0.717) is 4.74 Å². The van der Waals surface area contributed by atoms with E-state index in [-0.39, 0.29) is 13.0 Å². The number of aliphatic hydroxyl groups excluding tert-OH is 3. The van der Waals surface area contributed by atoms with Crippen molar-refractivity contribution < 1.29 is 24.6 Å². The fraction of sp³-hybridized carbons (Fsp3) is 0.750. The number of ether oxygens (including phenoxy) is 1. The molecule has 4 N–H and O–H groups in total. The molecule has 1 aliphatic rings. The number of aromatic amines is 1. The lowest BCUT2D eigenvalue weighted by Gasteiger charge is -2.35. The van der Waals surface area contributed by atoms with Gasteiger partial charge in [-0.3, -0.25) is 0 Å². The summed E-state index contributed by atoms with van der Waals surface area (Å²) in [5, 5.41) is 28.1. The second-order valence-electron chi connectivity index (χ2n) is 3.76. The fourth-order valence-corrected chi connectivity index (χ4v) is 1.71. The monoisotopic (exact) mass is 248 g/mol. The Bertz CT molecular complexity index is 489. The summed E-state index contributed by atoms with van der Waals surface area (Å²) in [6.45, 7) is -0.385. The molecule has 9 heteroatoms. The largest absolute Gasteiger partial charge is 0.440 e. The number of H-pyrrole nitrogens is 1. The molecule has 0 amide bonds. The van der Waals surface area contributed by atoms with Crippen molar-refractivity contribution in [2.45, 2.75) is 31.0 Å². The maximum atomic E-state index is 11.3. The molecule has 0 radical (unpaired) electrons. The first-order valence-corrected chi connectivity index (χ1v) is 4.97. The zero-order chi connectivity index (χ0) is 12.6. The molecule has 0 spiro atoms. The van der Waals surface area contributed by atoms with E-state index in [1.54, 1.807) is 0 Å². The Morgan fingerprint density at radius 3 is 2.65 bits per heavy atom. The molecule has 4 atom stereocenters. The number of nitrogens with zero attached hydrogens (tertiary/aromatic N) is 1. The van der Waals surface area contributed by atoms with E-state index < -0.39 is 36.0 Å². The average molecular weight is 248 g/mol. The molecule has 1 saturated heterocycles. The molecule has 0 aromatic carbocycles. The predicted molar refractivity (Wildman–Crippen MR) is 51.2 cm³/mol. The molecule has 1 aliphatic heterocycles. The number of aliphatic hydroxyl groups is 3. The summed E-state index contributed by atoms with van der Waals surface area (Å²) in [5.74, 6) is -0.994. The second-order valence-corrected chi connectivity index (χ2v) is 3.76. The van der Waals surface area contributed by atoms with Crippen LogP contribution in [0.15, 0.2) is 14.1 Å². The van der Waals surface area contributed by atoms with Crippen LogP contribution in [0.5, 0.6) is 0 Å². The third-order valence-electron chi connectivity index (χ3n) is 2.55. The maximum absolute atomic E-state index is 11.3. The summed E-state index contributed by atoms with van der Waals surface area (Å²) in [5.41, 5.74) is -0.898. The Labute approximate surface area is 93.8 Å². The molecule has 1 fully saturated rings. The molecule has 2 heterocycles. The molecular formula is C8H12N2O7. The Hall–Kier alpha value is -1.42. The van der Waals surface area contributed by atoms with Crippen LogP contribution >= 0.6 is 0 Å². The van der Waals surface area contributed by atoms with Crippen molar-refractivity contribution in [1.82, 2.24) is 9.72 Å². The molecule has 0 aliphatic carbocycles. The van der Waals surface area contributed by atoms with E-state index in [0.717, 1.165) is 0 Å². The minimum Gasteiger partial charge on any atom is -0.394 e. The predicted octanol–water partition coefficient (Wildman–Crippen LogP) is -2.87. The molecule has 0 bridgehead atoms. The lowest BCUT2D eigenvalue weighted by atomic mass is 10.0. The van der Waals surface area contributed by atoms with Crippen molar-refractivity contribution in [2.75, 3.05) is 6.61 Å². The highest BCUT2D eigenvalue weighted by Gasteiger charge is 2.39. The Kier molecular flexibility index (Phi) is 3.15. The first kappa shape index (κ1) is 12.0. The van der Waals surface area contributed by atoms with Crippen molar-refractivity contribution in [3.63, 3.8) is 0 Å². The third-order valence-corrected chi connectivity index (χ3v) is 2.55. The van der Waals surface area contributed by atoms with E-state index in [1.165, 1.54) is 0 Å². The summed E-state index contributed by atoms with van der Waals surface area (Å²) in [7, 11) is 0. The molecule has 1 aromatic rings. The summed E-state index contributed by atoms with van der Waals surface area (Å²) >= 11 is 0. The van der Waals surface area contributed by atoms with Crippen LogP contribution in [-0.4, -0.2) is 50.0 Å². The van der Waals surface area contributed by atoms with Gasteiger partial charge in [-0.1, -0.05) is 0 Å². The van der Waals surface area contributed by atoms with Crippen LogP contribution in [0.1, 0.15) is 12.6 Å². The Morgan fingerprint density at radius 1 is 1.41 bits per heavy atom. The molecule has 2 rings (SSSR count). The van der Waals surface area contributed by atoms with Crippen molar-refractivity contribution in [2.24, 2.45) is 0 Å². The van der Waals surface area contributed by atoms with E-state index in [4.69, 9.17) is 9.84 Å². The van der Waals surface area contributed by atoms with Crippen LogP contribution < -0.4 is 11.4 Å². The van der Waals surface area contributed by atoms with E-state index in [1.807, 2.05) is 4.98 Å². The highest BCUT2D eigenvalue weighted by Crippen LogP contribution is 2.26. The quantitative estimate of drug-likeness (QED) is 0.441. The van der Waals surface area contributed by atoms with Crippen LogP contribution in [0.3, 0.4) is 0 Å². The maximum Gasteiger partial charge on any atom is 0.440 e. The summed E-state index contributed by atoms with van der Waals surface area (Å²) in [6, 6.07) is 0. The smallest absolute Gasteiger partial charge is 0.394 e. The molecule has 1 aromatic heterocycles. The van der Waals surface area contributed by atoms with Gasteiger partial charge in [0.1, 0.15) is 6.10 Å². The zero-order valence-electron chi connectivity index (χ0n) is 8.65. The fourth-order valence-electron chi connectivity index (χ4n) is 1.71. The van der Waals surface area contributed by atoms with Gasteiger partial charge >= 0.3 is 11.4 Å². The second kappa shape index (κ2) is 4.45. The lowest BCUT2D eigenvalue weighted by Crippen LogP contribution is -2.48.